The highest BCUT2D eigenvalue weighted by molar-refractivity contribution is 5.95. The number of methoxy groups -OCH3 is 3. The van der Waals surface area contributed by atoms with Crippen LogP contribution in [0.15, 0.2) is 46.9 Å². The summed E-state index contributed by atoms with van der Waals surface area (Å²) in [6.07, 6.45) is 1.23. The van der Waals surface area contributed by atoms with Crippen molar-refractivity contribution in [3.8, 4) is 17.2 Å². The van der Waals surface area contributed by atoms with Crippen LogP contribution < -0.4 is 14.2 Å². The predicted molar refractivity (Wildman–Crippen MR) is 143 cm³/mol. The van der Waals surface area contributed by atoms with Crippen molar-refractivity contribution in [2.75, 3.05) is 34.4 Å². The van der Waals surface area contributed by atoms with E-state index in [2.05, 4.69) is 0 Å². The number of carbonyl (C=O) groups excluding carboxylic acids is 2. The highest BCUT2D eigenvalue weighted by atomic mass is 16.6. The largest absolute Gasteiger partial charge is 0.493 e. The van der Waals surface area contributed by atoms with Gasteiger partial charge in [-0.2, -0.15) is 0 Å². The molecule has 0 aliphatic carbocycles. The van der Waals surface area contributed by atoms with Crippen molar-refractivity contribution in [3.63, 3.8) is 0 Å². The van der Waals surface area contributed by atoms with E-state index in [-0.39, 0.29) is 24.6 Å². The molecule has 0 radical (unpaired) electrons. The maximum Gasteiger partial charge on any atom is 0.410 e. The SMILES string of the molecule is COc1cc(C(=O)N(Cc2cc3ccccc3o2)C[C@@H]2CCCN2C(=O)OC(C)(C)C)cc(OC)c1OC. The zero-order valence-electron chi connectivity index (χ0n) is 22.9. The van der Waals surface area contributed by atoms with Crippen molar-refractivity contribution in [3.05, 3.63) is 53.8 Å². The minimum absolute atomic E-state index is 0.194. The maximum absolute atomic E-state index is 14.0. The van der Waals surface area contributed by atoms with Crippen molar-refractivity contribution < 1.29 is 33.0 Å². The Balaban J connectivity index is 1.67. The highest BCUT2D eigenvalue weighted by Crippen LogP contribution is 2.38. The van der Waals surface area contributed by atoms with Crippen LogP contribution in [0.3, 0.4) is 0 Å². The number of ether oxygens (including phenoxy) is 4. The Morgan fingerprint density at radius 3 is 2.32 bits per heavy atom. The third-order valence-electron chi connectivity index (χ3n) is 6.46. The first kappa shape index (κ1) is 27.2. The van der Waals surface area contributed by atoms with E-state index in [1.165, 1.54) is 21.3 Å². The van der Waals surface area contributed by atoms with Gasteiger partial charge in [-0.3, -0.25) is 4.79 Å². The lowest BCUT2D eigenvalue weighted by Crippen LogP contribution is -2.46. The predicted octanol–water partition coefficient (Wildman–Crippen LogP) is 5.50. The zero-order chi connectivity index (χ0) is 27.4. The van der Waals surface area contributed by atoms with Gasteiger partial charge >= 0.3 is 6.09 Å². The quantitative estimate of drug-likeness (QED) is 0.384. The van der Waals surface area contributed by atoms with Crippen LogP contribution in [0.4, 0.5) is 4.79 Å². The first-order valence-corrected chi connectivity index (χ1v) is 12.7. The number of hydrogen-bond acceptors (Lipinski definition) is 7. The summed E-state index contributed by atoms with van der Waals surface area (Å²) in [7, 11) is 4.53. The minimum atomic E-state index is -0.607. The van der Waals surface area contributed by atoms with Crippen LogP contribution in [0.25, 0.3) is 11.0 Å². The summed E-state index contributed by atoms with van der Waals surface area (Å²) in [5.41, 5.74) is 0.515. The number of furan rings is 1. The molecule has 204 valence electrons. The lowest BCUT2D eigenvalue weighted by molar-refractivity contribution is 0.0187. The molecular weight excluding hydrogens is 488 g/mol. The molecule has 1 aliphatic rings. The van der Waals surface area contributed by atoms with Gasteiger partial charge in [0.15, 0.2) is 11.5 Å². The fourth-order valence-electron chi connectivity index (χ4n) is 4.75. The number of amides is 2. The molecule has 0 spiro atoms. The molecule has 0 saturated carbocycles. The molecule has 2 aromatic carbocycles. The van der Waals surface area contributed by atoms with Crippen molar-refractivity contribution in [2.45, 2.75) is 51.8 Å². The molecule has 1 saturated heterocycles. The van der Waals surface area contributed by atoms with E-state index in [1.54, 1.807) is 21.9 Å². The summed E-state index contributed by atoms with van der Waals surface area (Å²) < 4.78 is 28.1. The monoisotopic (exact) mass is 524 g/mol. The standard InChI is InChI=1S/C29H36N2O7/c1-29(2,3)38-28(33)31-13-9-11-21(31)17-30(18-22-14-19-10-7-8-12-23(19)37-22)27(32)20-15-24(34-4)26(36-6)25(16-20)35-5/h7-8,10,12,14-16,21H,9,11,13,17-18H2,1-6H3/t21-/m0/s1. The second kappa shape index (κ2) is 11.2. The van der Waals surface area contributed by atoms with E-state index in [9.17, 15) is 9.59 Å². The Morgan fingerprint density at radius 1 is 1.03 bits per heavy atom. The van der Waals surface area contributed by atoms with E-state index in [0.717, 1.165) is 23.8 Å². The van der Waals surface area contributed by atoms with Crippen molar-refractivity contribution in [1.29, 1.82) is 0 Å². The van der Waals surface area contributed by atoms with Crippen LogP contribution in [0, 0.1) is 0 Å². The second-order valence-electron chi connectivity index (χ2n) is 10.3. The molecule has 1 aromatic heterocycles. The summed E-state index contributed by atoms with van der Waals surface area (Å²) >= 11 is 0. The second-order valence-corrected chi connectivity index (χ2v) is 10.3. The molecule has 0 unspecified atom stereocenters. The van der Waals surface area contributed by atoms with Gasteiger partial charge in [0.1, 0.15) is 16.9 Å². The van der Waals surface area contributed by atoms with Gasteiger partial charge < -0.3 is 33.2 Å². The number of hydrogen-bond donors (Lipinski definition) is 0. The normalized spacial score (nSPS) is 15.4. The Labute approximate surface area is 223 Å². The lowest BCUT2D eigenvalue weighted by atomic mass is 10.1. The molecule has 4 rings (SSSR count). The number of fused-ring (bicyclic) bond motifs is 1. The van der Waals surface area contributed by atoms with Gasteiger partial charge in [0.2, 0.25) is 5.75 Å². The smallest absolute Gasteiger partial charge is 0.410 e. The van der Waals surface area contributed by atoms with Crippen molar-refractivity contribution in [1.82, 2.24) is 9.80 Å². The van der Waals surface area contributed by atoms with E-state index < -0.39 is 5.60 Å². The van der Waals surface area contributed by atoms with Crippen LogP contribution >= 0.6 is 0 Å². The number of nitrogens with zero attached hydrogens (tertiary/aromatic N) is 2. The number of rotatable bonds is 8. The molecule has 9 heteroatoms. The summed E-state index contributed by atoms with van der Waals surface area (Å²) in [5, 5.41) is 0.957. The molecule has 1 aliphatic heterocycles. The molecule has 38 heavy (non-hydrogen) atoms. The van der Waals surface area contributed by atoms with E-state index in [1.807, 2.05) is 51.1 Å². The molecule has 0 N–H and O–H groups in total. The van der Waals surface area contributed by atoms with E-state index in [0.29, 0.717) is 41.7 Å². The average molecular weight is 525 g/mol. The molecule has 9 nitrogen and oxygen atoms in total. The summed E-state index contributed by atoms with van der Waals surface area (Å²) in [6.45, 7) is 6.65. The molecule has 1 fully saturated rings. The van der Waals surface area contributed by atoms with Crippen molar-refractivity contribution in [2.24, 2.45) is 0 Å². The van der Waals surface area contributed by atoms with Crippen LogP contribution in [0.1, 0.15) is 49.7 Å². The third kappa shape index (κ3) is 5.98. The first-order valence-electron chi connectivity index (χ1n) is 12.7. The number of benzene rings is 2. The van der Waals surface area contributed by atoms with Gasteiger partial charge in [-0.05, 0) is 57.9 Å². The van der Waals surface area contributed by atoms with Crippen molar-refractivity contribution >= 4 is 23.0 Å². The lowest BCUT2D eigenvalue weighted by Gasteiger charge is -2.32. The highest BCUT2D eigenvalue weighted by Gasteiger charge is 2.35. The summed E-state index contributed by atoms with van der Waals surface area (Å²) in [4.78, 5) is 30.4. The summed E-state index contributed by atoms with van der Waals surface area (Å²) in [5.74, 6) is 1.57. The third-order valence-corrected chi connectivity index (χ3v) is 6.46. The van der Waals surface area contributed by atoms with E-state index >= 15 is 0 Å². The number of carbonyl (C=O) groups is 2. The van der Waals surface area contributed by atoms with Gasteiger partial charge in [0, 0.05) is 24.0 Å². The molecule has 2 heterocycles. The molecule has 0 bridgehead atoms. The molecule has 1 atom stereocenters. The Morgan fingerprint density at radius 2 is 1.71 bits per heavy atom. The first-order chi connectivity index (χ1) is 18.1. The Hall–Kier alpha value is -3.88. The van der Waals surface area contributed by atoms with Gasteiger partial charge in [-0.25, -0.2) is 4.79 Å². The van der Waals surface area contributed by atoms with Crippen LogP contribution in [0.2, 0.25) is 0 Å². The maximum atomic E-state index is 14.0. The minimum Gasteiger partial charge on any atom is -0.493 e. The molecule has 2 amide bonds. The average Bonchev–Trinajstić information content (AvgIpc) is 3.52. The van der Waals surface area contributed by atoms with Gasteiger partial charge in [-0.1, -0.05) is 18.2 Å². The fraction of sp³-hybridized carbons (Fsp3) is 0.448. The van der Waals surface area contributed by atoms with E-state index in [4.69, 9.17) is 23.4 Å². The van der Waals surface area contributed by atoms with Gasteiger partial charge in [-0.15, -0.1) is 0 Å². The number of para-hydroxylation sites is 1. The fourth-order valence-corrected chi connectivity index (χ4v) is 4.75. The molecular formula is C29H36N2O7. The van der Waals surface area contributed by atoms with Crippen LogP contribution in [-0.2, 0) is 11.3 Å². The molecule has 3 aromatic rings. The number of likely N-dealkylation sites (tertiary alicyclic amines) is 1. The van der Waals surface area contributed by atoms with Gasteiger partial charge in [0.25, 0.3) is 5.91 Å². The zero-order valence-corrected chi connectivity index (χ0v) is 22.9. The Bertz CT molecular complexity index is 1240. The van der Waals surface area contributed by atoms with Crippen LogP contribution in [-0.4, -0.2) is 67.9 Å². The Kier molecular flexibility index (Phi) is 8.04. The topological polar surface area (TPSA) is 90.7 Å². The van der Waals surface area contributed by atoms with Gasteiger partial charge in [0.05, 0.1) is 33.9 Å². The van der Waals surface area contributed by atoms with Crippen LogP contribution in [0.5, 0.6) is 17.2 Å². The summed E-state index contributed by atoms with van der Waals surface area (Å²) in [6, 6.07) is 12.7.